The van der Waals surface area contributed by atoms with Crippen LogP contribution >= 0.6 is 12.4 Å². The van der Waals surface area contributed by atoms with Crippen LogP contribution in [0.25, 0.3) is 0 Å². The average Bonchev–Trinajstić information content (AvgIpc) is 2.11. The minimum absolute atomic E-state index is 0. The lowest BCUT2D eigenvalue weighted by molar-refractivity contribution is -0.139. The standard InChI is InChI=1S/C12H23N3O2.ClH/c1-8(2)14-11(16)7-15(4)12(17)9(3)10-5-13-6-10;/h8-10,13H,5-7H2,1-4H3,(H,14,16);1H. The van der Waals surface area contributed by atoms with Gasteiger partial charge in [0.2, 0.25) is 11.8 Å². The molecular weight excluding hydrogens is 254 g/mol. The molecular formula is C12H24ClN3O2. The van der Waals surface area contributed by atoms with Gasteiger partial charge in [-0.2, -0.15) is 0 Å². The smallest absolute Gasteiger partial charge is 0.239 e. The highest BCUT2D eigenvalue weighted by molar-refractivity contribution is 5.86. The third-order valence-electron chi connectivity index (χ3n) is 3.12. The van der Waals surface area contributed by atoms with E-state index >= 15 is 0 Å². The predicted molar refractivity (Wildman–Crippen MR) is 73.7 cm³/mol. The van der Waals surface area contributed by atoms with E-state index in [0.29, 0.717) is 5.92 Å². The highest BCUT2D eigenvalue weighted by atomic mass is 35.5. The highest BCUT2D eigenvalue weighted by Gasteiger charge is 2.30. The Morgan fingerprint density at radius 2 is 1.89 bits per heavy atom. The Hall–Kier alpha value is -0.810. The van der Waals surface area contributed by atoms with E-state index in [1.165, 1.54) is 4.90 Å². The van der Waals surface area contributed by atoms with Gasteiger partial charge in [0.15, 0.2) is 0 Å². The first-order valence-corrected chi connectivity index (χ1v) is 6.17. The lowest BCUT2D eigenvalue weighted by Gasteiger charge is -2.33. The summed E-state index contributed by atoms with van der Waals surface area (Å²) >= 11 is 0. The second kappa shape index (κ2) is 7.59. The van der Waals surface area contributed by atoms with Crippen LogP contribution in [0.3, 0.4) is 0 Å². The maximum atomic E-state index is 12.0. The Kier molecular flexibility index (Phi) is 7.25. The molecule has 1 rings (SSSR count). The molecule has 0 aromatic rings. The summed E-state index contributed by atoms with van der Waals surface area (Å²) in [6.45, 7) is 7.69. The van der Waals surface area contributed by atoms with Gasteiger partial charge >= 0.3 is 0 Å². The molecule has 1 heterocycles. The summed E-state index contributed by atoms with van der Waals surface area (Å²) in [6.07, 6.45) is 0. The van der Waals surface area contributed by atoms with Crippen molar-refractivity contribution in [1.29, 1.82) is 0 Å². The normalized spacial score (nSPS) is 16.5. The van der Waals surface area contributed by atoms with Gasteiger partial charge in [-0.05, 0) is 32.9 Å². The van der Waals surface area contributed by atoms with Crippen LogP contribution in [-0.2, 0) is 9.59 Å². The van der Waals surface area contributed by atoms with Crippen molar-refractivity contribution in [2.24, 2.45) is 11.8 Å². The zero-order valence-electron chi connectivity index (χ0n) is 11.5. The number of nitrogens with one attached hydrogen (secondary N) is 2. The van der Waals surface area contributed by atoms with Crippen molar-refractivity contribution in [2.45, 2.75) is 26.8 Å². The van der Waals surface area contributed by atoms with Gasteiger partial charge in [-0.1, -0.05) is 6.92 Å². The summed E-state index contributed by atoms with van der Waals surface area (Å²) < 4.78 is 0. The molecule has 1 fully saturated rings. The van der Waals surface area contributed by atoms with Crippen LogP contribution in [0.1, 0.15) is 20.8 Å². The second-order valence-electron chi connectivity index (χ2n) is 5.12. The van der Waals surface area contributed by atoms with Crippen LogP contribution in [0.2, 0.25) is 0 Å². The fraction of sp³-hybridized carbons (Fsp3) is 0.833. The summed E-state index contributed by atoms with van der Waals surface area (Å²) in [4.78, 5) is 25.1. The van der Waals surface area contributed by atoms with E-state index < -0.39 is 0 Å². The Morgan fingerprint density at radius 1 is 1.33 bits per heavy atom. The van der Waals surface area contributed by atoms with Gasteiger partial charge in [0.25, 0.3) is 0 Å². The third kappa shape index (κ3) is 4.82. The van der Waals surface area contributed by atoms with E-state index in [1.807, 2.05) is 20.8 Å². The van der Waals surface area contributed by atoms with Crippen LogP contribution in [0, 0.1) is 11.8 Å². The van der Waals surface area contributed by atoms with Crippen LogP contribution < -0.4 is 10.6 Å². The molecule has 1 unspecified atom stereocenters. The lowest BCUT2D eigenvalue weighted by atomic mass is 9.88. The van der Waals surface area contributed by atoms with Crippen molar-refractivity contribution in [3.8, 4) is 0 Å². The molecule has 106 valence electrons. The summed E-state index contributed by atoms with van der Waals surface area (Å²) in [6, 6.07) is 0.110. The number of hydrogen-bond acceptors (Lipinski definition) is 3. The Morgan fingerprint density at radius 3 is 2.28 bits per heavy atom. The van der Waals surface area contributed by atoms with Gasteiger partial charge in [-0.3, -0.25) is 9.59 Å². The van der Waals surface area contributed by atoms with E-state index in [4.69, 9.17) is 0 Å². The molecule has 1 aliphatic rings. The molecule has 0 bridgehead atoms. The molecule has 1 atom stereocenters. The first-order valence-electron chi connectivity index (χ1n) is 6.17. The number of nitrogens with zero attached hydrogens (tertiary/aromatic N) is 1. The molecule has 0 aromatic heterocycles. The van der Waals surface area contributed by atoms with Gasteiger partial charge in [-0.15, -0.1) is 12.4 Å². The largest absolute Gasteiger partial charge is 0.352 e. The molecule has 6 heteroatoms. The van der Waals surface area contributed by atoms with Crippen molar-refractivity contribution in [2.75, 3.05) is 26.7 Å². The molecule has 1 saturated heterocycles. The minimum atomic E-state index is -0.102. The zero-order valence-corrected chi connectivity index (χ0v) is 12.3. The number of amides is 2. The first-order chi connectivity index (χ1) is 7.91. The summed E-state index contributed by atoms with van der Waals surface area (Å²) in [5.74, 6) is 0.358. The second-order valence-corrected chi connectivity index (χ2v) is 5.12. The average molecular weight is 278 g/mol. The van der Waals surface area contributed by atoms with E-state index in [9.17, 15) is 9.59 Å². The molecule has 2 N–H and O–H groups in total. The van der Waals surface area contributed by atoms with Crippen molar-refractivity contribution >= 4 is 24.2 Å². The Labute approximate surface area is 115 Å². The quantitative estimate of drug-likeness (QED) is 0.757. The van der Waals surface area contributed by atoms with Crippen LogP contribution in [0.4, 0.5) is 0 Å². The maximum absolute atomic E-state index is 12.0. The van der Waals surface area contributed by atoms with Gasteiger partial charge in [0, 0.05) is 19.0 Å². The molecule has 0 spiro atoms. The van der Waals surface area contributed by atoms with Gasteiger partial charge in [0.05, 0.1) is 6.54 Å². The van der Waals surface area contributed by atoms with Gasteiger partial charge < -0.3 is 15.5 Å². The zero-order chi connectivity index (χ0) is 13.0. The number of carbonyl (C=O) groups excluding carboxylic acids is 2. The van der Waals surface area contributed by atoms with Crippen molar-refractivity contribution < 1.29 is 9.59 Å². The van der Waals surface area contributed by atoms with E-state index in [-0.39, 0.29) is 42.7 Å². The molecule has 1 aliphatic heterocycles. The molecule has 0 saturated carbocycles. The van der Waals surface area contributed by atoms with E-state index in [2.05, 4.69) is 10.6 Å². The summed E-state index contributed by atoms with van der Waals surface area (Å²) in [7, 11) is 1.69. The van der Waals surface area contributed by atoms with Crippen LogP contribution in [0.5, 0.6) is 0 Å². The SMILES string of the molecule is CC(C)NC(=O)CN(C)C(=O)C(C)C1CNC1.Cl. The minimum Gasteiger partial charge on any atom is -0.352 e. The number of rotatable bonds is 5. The molecule has 0 aliphatic carbocycles. The number of likely N-dealkylation sites (N-methyl/N-ethyl adjacent to an activating group) is 1. The maximum Gasteiger partial charge on any atom is 0.239 e. The summed E-state index contributed by atoms with van der Waals surface area (Å²) in [5, 5.41) is 5.93. The van der Waals surface area contributed by atoms with Crippen LogP contribution in [0.15, 0.2) is 0 Å². The summed E-state index contributed by atoms with van der Waals surface area (Å²) in [5.41, 5.74) is 0. The topological polar surface area (TPSA) is 61.4 Å². The first kappa shape index (κ1) is 17.2. The Bertz CT molecular complexity index is 293. The van der Waals surface area contributed by atoms with Crippen molar-refractivity contribution in [1.82, 2.24) is 15.5 Å². The van der Waals surface area contributed by atoms with E-state index in [0.717, 1.165) is 13.1 Å². The third-order valence-corrected chi connectivity index (χ3v) is 3.12. The molecule has 18 heavy (non-hydrogen) atoms. The van der Waals surface area contributed by atoms with E-state index in [1.54, 1.807) is 7.05 Å². The molecule has 5 nitrogen and oxygen atoms in total. The monoisotopic (exact) mass is 277 g/mol. The number of hydrogen-bond donors (Lipinski definition) is 2. The number of halogens is 1. The van der Waals surface area contributed by atoms with Gasteiger partial charge in [-0.25, -0.2) is 0 Å². The molecule has 0 radical (unpaired) electrons. The highest BCUT2D eigenvalue weighted by Crippen LogP contribution is 2.17. The van der Waals surface area contributed by atoms with Crippen molar-refractivity contribution in [3.05, 3.63) is 0 Å². The van der Waals surface area contributed by atoms with Gasteiger partial charge in [0.1, 0.15) is 0 Å². The number of carbonyl (C=O) groups is 2. The fourth-order valence-corrected chi connectivity index (χ4v) is 1.87. The van der Waals surface area contributed by atoms with Crippen LogP contribution in [-0.4, -0.2) is 49.4 Å². The fourth-order valence-electron chi connectivity index (χ4n) is 1.87. The lowest BCUT2D eigenvalue weighted by Crippen LogP contribution is -2.51. The molecule has 0 aromatic carbocycles. The molecule has 2 amide bonds. The predicted octanol–water partition coefficient (Wildman–Crippen LogP) is 0.247. The Balaban J connectivity index is 0.00000289. The van der Waals surface area contributed by atoms with Crippen molar-refractivity contribution in [3.63, 3.8) is 0 Å².